The number of nitrogens with zero attached hydrogens (tertiary/aromatic N) is 1. The summed E-state index contributed by atoms with van der Waals surface area (Å²) in [5.41, 5.74) is 0.607. The van der Waals surface area contributed by atoms with Crippen LogP contribution < -0.4 is 10.6 Å². The lowest BCUT2D eigenvalue weighted by Crippen LogP contribution is -2.54. The fourth-order valence-electron chi connectivity index (χ4n) is 5.13. The number of amides is 1. The Hall–Kier alpha value is -0.610. The smallest absolute Gasteiger partial charge is 0.222 e. The van der Waals surface area contributed by atoms with E-state index in [4.69, 9.17) is 0 Å². The van der Waals surface area contributed by atoms with Crippen molar-refractivity contribution in [3.05, 3.63) is 0 Å². The summed E-state index contributed by atoms with van der Waals surface area (Å²) >= 11 is 0. The van der Waals surface area contributed by atoms with E-state index >= 15 is 0 Å². The molecule has 4 heteroatoms. The first-order valence-electron chi connectivity index (χ1n) is 9.78. The van der Waals surface area contributed by atoms with Gasteiger partial charge in [0.05, 0.1) is 0 Å². The highest BCUT2D eigenvalue weighted by atomic mass is 16.2. The maximum absolute atomic E-state index is 11.5. The molecule has 4 nitrogen and oxygen atoms in total. The molecule has 4 fully saturated rings. The lowest BCUT2D eigenvalue weighted by Gasteiger charge is -2.60. The minimum Gasteiger partial charge on any atom is -0.343 e. The lowest BCUT2D eigenvalue weighted by atomic mass is 9.45. The third kappa shape index (κ3) is 3.90. The summed E-state index contributed by atoms with van der Waals surface area (Å²) in [6, 6.07) is 0. The summed E-state index contributed by atoms with van der Waals surface area (Å²) in [6.07, 6.45) is 7.25. The van der Waals surface area contributed by atoms with Gasteiger partial charge in [-0.2, -0.15) is 0 Å². The second-order valence-corrected chi connectivity index (χ2v) is 8.49. The van der Waals surface area contributed by atoms with E-state index in [0.29, 0.717) is 11.3 Å². The van der Waals surface area contributed by atoms with Crippen LogP contribution in [0.15, 0.2) is 0 Å². The molecule has 0 unspecified atom stereocenters. The van der Waals surface area contributed by atoms with Crippen molar-refractivity contribution in [3.63, 3.8) is 0 Å². The van der Waals surface area contributed by atoms with Crippen LogP contribution in [0.3, 0.4) is 0 Å². The number of nitrogens with one attached hydrogen (secondary N) is 2. The summed E-state index contributed by atoms with van der Waals surface area (Å²) < 4.78 is 0. The van der Waals surface area contributed by atoms with E-state index in [1.807, 2.05) is 4.90 Å². The van der Waals surface area contributed by atoms with Crippen LogP contribution in [0.5, 0.6) is 0 Å². The van der Waals surface area contributed by atoms with E-state index in [1.54, 1.807) is 0 Å². The molecule has 0 aromatic rings. The molecule has 132 valence electrons. The second kappa shape index (κ2) is 7.52. The van der Waals surface area contributed by atoms with Crippen molar-refractivity contribution in [2.24, 2.45) is 23.2 Å². The monoisotopic (exact) mass is 321 g/mol. The Balaban J connectivity index is 1.18. The summed E-state index contributed by atoms with van der Waals surface area (Å²) in [5, 5.41) is 7.16. The third-order valence-electron chi connectivity index (χ3n) is 6.84. The highest BCUT2D eigenvalue weighted by molar-refractivity contribution is 5.77. The molecule has 0 spiro atoms. The van der Waals surface area contributed by atoms with Crippen LogP contribution in [-0.2, 0) is 4.79 Å². The van der Waals surface area contributed by atoms with E-state index < -0.39 is 0 Å². The van der Waals surface area contributed by atoms with Crippen molar-refractivity contribution in [2.45, 2.75) is 52.4 Å². The van der Waals surface area contributed by atoms with E-state index in [-0.39, 0.29) is 0 Å². The fraction of sp³-hybridized carbons (Fsp3) is 0.947. The molecule has 3 saturated carbocycles. The number of hydrogen-bond acceptors (Lipinski definition) is 3. The minimum absolute atomic E-state index is 0.348. The highest BCUT2D eigenvalue weighted by Gasteiger charge is 2.53. The molecule has 1 amide bonds. The van der Waals surface area contributed by atoms with Crippen molar-refractivity contribution in [1.82, 2.24) is 15.5 Å². The Morgan fingerprint density at radius 3 is 2.70 bits per heavy atom. The number of carbonyl (C=O) groups is 1. The van der Waals surface area contributed by atoms with Crippen molar-refractivity contribution < 1.29 is 4.79 Å². The minimum atomic E-state index is 0.348. The molecular formula is C19H35N3O. The normalized spacial score (nSPS) is 32.2. The van der Waals surface area contributed by atoms with E-state index in [9.17, 15) is 4.79 Å². The predicted molar refractivity (Wildman–Crippen MR) is 94.3 cm³/mol. The van der Waals surface area contributed by atoms with Gasteiger partial charge in [0.1, 0.15) is 0 Å². The average Bonchev–Trinajstić information content (AvgIpc) is 2.95. The van der Waals surface area contributed by atoms with Gasteiger partial charge in [-0.3, -0.25) is 4.79 Å². The zero-order valence-electron chi connectivity index (χ0n) is 15.1. The van der Waals surface area contributed by atoms with E-state index in [1.165, 1.54) is 25.8 Å². The number of likely N-dealkylation sites (tertiary alicyclic amines) is 1. The largest absolute Gasteiger partial charge is 0.343 e. The average molecular weight is 322 g/mol. The lowest BCUT2D eigenvalue weighted by molar-refractivity contribution is -0.127. The molecule has 0 aromatic heterocycles. The van der Waals surface area contributed by atoms with Gasteiger partial charge in [0.2, 0.25) is 5.91 Å². The van der Waals surface area contributed by atoms with Crippen LogP contribution in [0.4, 0.5) is 0 Å². The van der Waals surface area contributed by atoms with Crippen LogP contribution >= 0.6 is 0 Å². The quantitative estimate of drug-likeness (QED) is 0.640. The second-order valence-electron chi connectivity index (χ2n) is 8.49. The van der Waals surface area contributed by atoms with Gasteiger partial charge in [0, 0.05) is 32.6 Å². The van der Waals surface area contributed by atoms with Crippen LogP contribution in [0.2, 0.25) is 0 Å². The first-order chi connectivity index (χ1) is 11.1. The number of carbonyl (C=O) groups excluding carboxylic acids is 1. The standard InChI is InChI=1S/C19H35N3O/c1-19(2)16-7-6-15(17(19)13-16)14-21-10-9-20-8-4-12-22-11-3-5-18(22)23/h15-17,20-21H,3-14H2,1-2H3/t15-,16-,17-/m0/s1. The Morgan fingerprint density at radius 2 is 2.00 bits per heavy atom. The number of hydrogen-bond donors (Lipinski definition) is 2. The van der Waals surface area contributed by atoms with E-state index in [0.717, 1.165) is 69.7 Å². The maximum Gasteiger partial charge on any atom is 0.222 e. The molecule has 3 atom stereocenters. The van der Waals surface area contributed by atoms with Crippen LogP contribution in [0, 0.1) is 23.2 Å². The topological polar surface area (TPSA) is 44.4 Å². The molecule has 0 aromatic carbocycles. The van der Waals surface area contributed by atoms with E-state index in [2.05, 4.69) is 24.5 Å². The predicted octanol–water partition coefficient (Wildman–Crippen LogP) is 2.25. The van der Waals surface area contributed by atoms with Gasteiger partial charge in [0.25, 0.3) is 0 Å². The maximum atomic E-state index is 11.5. The van der Waals surface area contributed by atoms with Gasteiger partial charge in [-0.1, -0.05) is 13.8 Å². The van der Waals surface area contributed by atoms with Crippen LogP contribution in [0.25, 0.3) is 0 Å². The molecule has 3 aliphatic carbocycles. The molecule has 4 aliphatic rings. The number of rotatable bonds is 9. The summed E-state index contributed by atoms with van der Waals surface area (Å²) in [4.78, 5) is 13.5. The van der Waals surface area contributed by atoms with Gasteiger partial charge in [-0.25, -0.2) is 0 Å². The molecule has 0 radical (unpaired) electrons. The van der Waals surface area contributed by atoms with Gasteiger partial charge in [-0.05, 0) is 68.4 Å². The van der Waals surface area contributed by atoms with Crippen LogP contribution in [-0.4, -0.2) is 50.1 Å². The van der Waals surface area contributed by atoms with Gasteiger partial charge in [0.15, 0.2) is 0 Å². The first-order valence-corrected chi connectivity index (χ1v) is 9.78. The summed E-state index contributed by atoms with van der Waals surface area (Å²) in [7, 11) is 0. The summed E-state index contributed by atoms with van der Waals surface area (Å²) in [6.45, 7) is 11.2. The van der Waals surface area contributed by atoms with Crippen molar-refractivity contribution in [1.29, 1.82) is 0 Å². The molecule has 2 N–H and O–H groups in total. The Labute approximate surface area is 141 Å². The molecule has 1 aliphatic heterocycles. The van der Waals surface area contributed by atoms with Crippen LogP contribution in [0.1, 0.15) is 52.4 Å². The van der Waals surface area contributed by atoms with Gasteiger partial charge >= 0.3 is 0 Å². The Morgan fingerprint density at radius 1 is 1.17 bits per heavy atom. The summed E-state index contributed by atoms with van der Waals surface area (Å²) in [5.74, 6) is 3.21. The molecule has 1 heterocycles. The molecule has 2 bridgehead atoms. The first kappa shape index (κ1) is 17.2. The zero-order chi connectivity index (χ0) is 16.3. The van der Waals surface area contributed by atoms with Crippen molar-refractivity contribution in [2.75, 3.05) is 39.3 Å². The molecule has 1 saturated heterocycles. The Kier molecular flexibility index (Phi) is 5.63. The SMILES string of the molecule is CC1(C)[C@H]2CC[C@@H](CNCCNCCCN3CCCC3=O)[C@@H]1C2. The number of fused-ring (bicyclic) bond motifs is 2. The highest BCUT2D eigenvalue weighted by Crippen LogP contribution is 2.61. The van der Waals surface area contributed by atoms with Crippen molar-refractivity contribution >= 4 is 5.91 Å². The molecular weight excluding hydrogens is 286 g/mol. The third-order valence-corrected chi connectivity index (χ3v) is 6.84. The Bertz CT molecular complexity index is 407. The van der Waals surface area contributed by atoms with Crippen molar-refractivity contribution in [3.8, 4) is 0 Å². The molecule has 4 rings (SSSR count). The fourth-order valence-corrected chi connectivity index (χ4v) is 5.13. The molecule has 23 heavy (non-hydrogen) atoms. The van der Waals surface area contributed by atoms with Gasteiger partial charge in [-0.15, -0.1) is 0 Å². The van der Waals surface area contributed by atoms with Gasteiger partial charge < -0.3 is 15.5 Å². The zero-order valence-corrected chi connectivity index (χ0v) is 15.1.